The first-order chi connectivity index (χ1) is 8.06. The molecule has 17 heavy (non-hydrogen) atoms. The molecule has 1 fully saturated rings. The number of primary amides is 1. The molecule has 0 aromatic rings. The Kier molecular flexibility index (Phi) is 5.41. The van der Waals surface area contributed by atoms with Crippen LogP contribution in [0.1, 0.15) is 39.0 Å². The van der Waals surface area contributed by atoms with E-state index >= 15 is 0 Å². The molecular weight excluding hydrogens is 220 g/mol. The van der Waals surface area contributed by atoms with Crippen molar-refractivity contribution in [3.8, 4) is 0 Å². The van der Waals surface area contributed by atoms with Crippen molar-refractivity contribution >= 4 is 11.8 Å². The number of nitrogens with two attached hydrogens (primary N) is 1. The molecule has 4 N–H and O–H groups in total. The number of carbonyl (C=O) groups is 2. The third-order valence-electron chi connectivity index (χ3n) is 3.41. The molecule has 0 radical (unpaired) electrons. The Balaban J connectivity index is 2.63. The van der Waals surface area contributed by atoms with Crippen LogP contribution < -0.4 is 11.1 Å². The number of rotatable bonds is 6. The maximum Gasteiger partial charge on any atom is 0.246 e. The highest BCUT2D eigenvalue weighted by Gasteiger charge is 2.32. The molecule has 2 unspecified atom stereocenters. The number of carbonyl (C=O) groups excluding carboxylic acids is 2. The first-order valence-electron chi connectivity index (χ1n) is 6.31. The maximum atomic E-state index is 11.8. The molecule has 5 heteroatoms. The highest BCUT2D eigenvalue weighted by atomic mass is 16.3. The smallest absolute Gasteiger partial charge is 0.246 e. The molecule has 98 valence electrons. The van der Waals surface area contributed by atoms with Crippen molar-refractivity contribution in [2.45, 2.75) is 45.1 Å². The van der Waals surface area contributed by atoms with Crippen LogP contribution in [-0.4, -0.2) is 29.6 Å². The predicted molar refractivity (Wildman–Crippen MR) is 63.9 cm³/mol. The fourth-order valence-corrected chi connectivity index (χ4v) is 2.50. The van der Waals surface area contributed by atoms with Crippen LogP contribution in [0, 0.1) is 11.8 Å². The van der Waals surface area contributed by atoms with Crippen molar-refractivity contribution in [2.24, 2.45) is 17.6 Å². The summed E-state index contributed by atoms with van der Waals surface area (Å²) in [5.74, 6) is -0.700. The Hall–Kier alpha value is -1.10. The molecule has 1 heterocycles. The summed E-state index contributed by atoms with van der Waals surface area (Å²) in [6.45, 7) is 2.76. The van der Waals surface area contributed by atoms with Crippen LogP contribution in [-0.2, 0) is 9.59 Å². The molecule has 2 amide bonds. The zero-order chi connectivity index (χ0) is 12.8. The number of nitrogens with one attached hydrogen (secondary N) is 1. The van der Waals surface area contributed by atoms with Gasteiger partial charge in [-0.2, -0.15) is 0 Å². The minimum Gasteiger partial charge on any atom is -0.383 e. The Morgan fingerprint density at radius 1 is 1.65 bits per heavy atom. The molecule has 0 aromatic heterocycles. The molecule has 1 aliphatic heterocycles. The summed E-state index contributed by atoms with van der Waals surface area (Å²) < 4.78 is 0. The van der Waals surface area contributed by atoms with Crippen molar-refractivity contribution < 1.29 is 14.7 Å². The zero-order valence-electron chi connectivity index (χ0n) is 10.3. The average Bonchev–Trinajstić information content (AvgIpc) is 2.29. The van der Waals surface area contributed by atoms with Gasteiger partial charge in [0.15, 0.2) is 0 Å². The van der Waals surface area contributed by atoms with Gasteiger partial charge in [0.1, 0.15) is 6.10 Å². The molecule has 5 nitrogen and oxygen atoms in total. The first kappa shape index (κ1) is 14.0. The van der Waals surface area contributed by atoms with Crippen molar-refractivity contribution in [2.75, 3.05) is 6.54 Å². The van der Waals surface area contributed by atoms with E-state index in [0.29, 0.717) is 6.42 Å². The Morgan fingerprint density at radius 2 is 2.35 bits per heavy atom. The molecule has 0 spiro atoms. The standard InChI is InChI=1S/C12H22N2O3/c1-2-4-8(7-10(15)11(13)16)9-5-3-6-14-12(9)17/h8-10,15H,2-7H2,1H3,(H2,13,16)(H,14,17)/t8?,9-,10?/m0/s1. The summed E-state index contributed by atoms with van der Waals surface area (Å²) in [7, 11) is 0. The van der Waals surface area contributed by atoms with E-state index < -0.39 is 12.0 Å². The van der Waals surface area contributed by atoms with E-state index in [4.69, 9.17) is 5.73 Å². The number of hydrogen-bond acceptors (Lipinski definition) is 3. The second kappa shape index (κ2) is 6.59. The minimum atomic E-state index is -1.14. The van der Waals surface area contributed by atoms with Crippen molar-refractivity contribution in [1.82, 2.24) is 5.32 Å². The van der Waals surface area contributed by atoms with Gasteiger partial charge in [0.05, 0.1) is 0 Å². The van der Waals surface area contributed by atoms with E-state index in [1.54, 1.807) is 0 Å². The summed E-state index contributed by atoms with van der Waals surface area (Å²) in [5, 5.41) is 12.4. The molecule has 0 aromatic carbocycles. The average molecular weight is 242 g/mol. The van der Waals surface area contributed by atoms with Gasteiger partial charge in [-0.3, -0.25) is 9.59 Å². The van der Waals surface area contributed by atoms with Gasteiger partial charge in [-0.1, -0.05) is 13.3 Å². The number of hydrogen-bond donors (Lipinski definition) is 3. The van der Waals surface area contributed by atoms with Crippen LogP contribution in [0.2, 0.25) is 0 Å². The molecule has 0 bridgehead atoms. The van der Waals surface area contributed by atoms with Crippen molar-refractivity contribution in [1.29, 1.82) is 0 Å². The Bertz CT molecular complexity index is 281. The van der Waals surface area contributed by atoms with Crippen LogP contribution in [0.3, 0.4) is 0 Å². The third kappa shape index (κ3) is 4.00. The molecule has 3 atom stereocenters. The van der Waals surface area contributed by atoms with E-state index in [9.17, 15) is 14.7 Å². The predicted octanol–water partition coefficient (Wildman–Crippen LogP) is 0.165. The monoisotopic (exact) mass is 242 g/mol. The van der Waals surface area contributed by atoms with Crippen LogP contribution in [0.4, 0.5) is 0 Å². The highest BCUT2D eigenvalue weighted by molar-refractivity contribution is 5.80. The normalized spacial score (nSPS) is 23.9. The lowest BCUT2D eigenvalue weighted by Gasteiger charge is -2.30. The van der Waals surface area contributed by atoms with Gasteiger partial charge in [-0.05, 0) is 31.6 Å². The topological polar surface area (TPSA) is 92.4 Å². The van der Waals surface area contributed by atoms with Crippen molar-refractivity contribution in [3.63, 3.8) is 0 Å². The molecule has 0 aliphatic carbocycles. The molecule has 1 aliphatic rings. The van der Waals surface area contributed by atoms with Crippen LogP contribution >= 0.6 is 0 Å². The maximum absolute atomic E-state index is 11.8. The Morgan fingerprint density at radius 3 is 2.88 bits per heavy atom. The number of aliphatic hydroxyl groups excluding tert-OH is 1. The quantitative estimate of drug-likeness (QED) is 0.619. The Labute approximate surface area is 102 Å². The molecular formula is C12H22N2O3. The summed E-state index contributed by atoms with van der Waals surface area (Å²) in [6, 6.07) is 0. The summed E-state index contributed by atoms with van der Waals surface area (Å²) in [5.41, 5.74) is 5.06. The van der Waals surface area contributed by atoms with Gasteiger partial charge in [-0.15, -0.1) is 0 Å². The minimum absolute atomic E-state index is 0.0443. The number of amides is 2. The highest BCUT2D eigenvalue weighted by Crippen LogP contribution is 2.28. The van der Waals surface area contributed by atoms with Gasteiger partial charge in [-0.25, -0.2) is 0 Å². The second-order valence-corrected chi connectivity index (χ2v) is 4.74. The van der Waals surface area contributed by atoms with Gasteiger partial charge < -0.3 is 16.2 Å². The van der Waals surface area contributed by atoms with Crippen molar-refractivity contribution in [3.05, 3.63) is 0 Å². The second-order valence-electron chi connectivity index (χ2n) is 4.74. The largest absolute Gasteiger partial charge is 0.383 e. The lowest BCUT2D eigenvalue weighted by molar-refractivity contribution is -0.132. The summed E-state index contributed by atoms with van der Waals surface area (Å²) in [6.07, 6.45) is 2.72. The summed E-state index contributed by atoms with van der Waals surface area (Å²) >= 11 is 0. The van der Waals surface area contributed by atoms with Crippen LogP contribution in [0.25, 0.3) is 0 Å². The van der Waals surface area contributed by atoms with E-state index in [0.717, 1.165) is 32.2 Å². The van der Waals surface area contributed by atoms with E-state index in [1.165, 1.54) is 0 Å². The van der Waals surface area contributed by atoms with Gasteiger partial charge in [0, 0.05) is 12.5 Å². The first-order valence-corrected chi connectivity index (χ1v) is 6.31. The van der Waals surface area contributed by atoms with Gasteiger partial charge in [0.2, 0.25) is 11.8 Å². The SMILES string of the molecule is CCCC(CC(O)C(N)=O)[C@@H]1CCCNC1=O. The van der Waals surface area contributed by atoms with E-state index in [1.807, 2.05) is 6.92 Å². The third-order valence-corrected chi connectivity index (χ3v) is 3.41. The lowest BCUT2D eigenvalue weighted by atomic mass is 9.79. The van der Waals surface area contributed by atoms with Crippen LogP contribution in [0.5, 0.6) is 0 Å². The van der Waals surface area contributed by atoms with E-state index in [-0.39, 0.29) is 17.7 Å². The fraction of sp³-hybridized carbons (Fsp3) is 0.833. The van der Waals surface area contributed by atoms with Gasteiger partial charge >= 0.3 is 0 Å². The zero-order valence-corrected chi connectivity index (χ0v) is 10.3. The molecule has 1 rings (SSSR count). The van der Waals surface area contributed by atoms with Crippen LogP contribution in [0.15, 0.2) is 0 Å². The summed E-state index contributed by atoms with van der Waals surface area (Å²) in [4.78, 5) is 22.6. The number of piperidine rings is 1. The number of aliphatic hydroxyl groups is 1. The fourth-order valence-electron chi connectivity index (χ4n) is 2.50. The van der Waals surface area contributed by atoms with E-state index in [2.05, 4.69) is 5.32 Å². The lowest BCUT2D eigenvalue weighted by Crippen LogP contribution is -2.42. The molecule has 1 saturated heterocycles. The molecule has 0 saturated carbocycles. The van der Waals surface area contributed by atoms with Gasteiger partial charge in [0.25, 0.3) is 0 Å².